The number of rotatable bonds is 5. The van der Waals surface area contributed by atoms with Gasteiger partial charge in [-0.25, -0.2) is 9.59 Å². The number of carbonyl (C=O) groups is 2. The molecule has 0 fully saturated rings. The summed E-state index contributed by atoms with van der Waals surface area (Å²) in [4.78, 5) is 37.2. The minimum absolute atomic E-state index is 0.0406. The summed E-state index contributed by atoms with van der Waals surface area (Å²) < 4.78 is 0. The van der Waals surface area contributed by atoms with E-state index in [2.05, 4.69) is 19.6 Å². The zero-order valence-electron chi connectivity index (χ0n) is 6.86. The summed E-state index contributed by atoms with van der Waals surface area (Å²) >= 11 is 0. The van der Waals surface area contributed by atoms with Crippen molar-refractivity contribution in [2.75, 3.05) is 13.7 Å². The largest absolute Gasteiger partial charge is 0.344 e. The number of hydrogen-bond donors (Lipinski definition) is 0. The van der Waals surface area contributed by atoms with Gasteiger partial charge in [0.25, 0.3) is 0 Å². The predicted octanol–water partition coefficient (Wildman–Crippen LogP) is -0.0242. The first kappa shape index (κ1) is 10.9. The van der Waals surface area contributed by atoms with Crippen LogP contribution in [0.25, 0.3) is 0 Å². The SMILES string of the molecule is COOC(=O)CCOOC(C)=O. The molecular formula is C6H10O6. The van der Waals surface area contributed by atoms with E-state index in [0.717, 1.165) is 0 Å². The molecule has 0 aromatic carbocycles. The van der Waals surface area contributed by atoms with Crippen molar-refractivity contribution in [1.82, 2.24) is 0 Å². The van der Waals surface area contributed by atoms with E-state index in [1.807, 2.05) is 0 Å². The first-order chi connectivity index (χ1) is 5.66. The molecule has 0 radical (unpaired) electrons. The highest BCUT2D eigenvalue weighted by Crippen LogP contribution is 1.89. The summed E-state index contributed by atoms with van der Waals surface area (Å²) in [5, 5.41) is 0. The fourth-order valence-electron chi connectivity index (χ4n) is 0.384. The summed E-state index contributed by atoms with van der Waals surface area (Å²) in [6, 6.07) is 0. The average Bonchev–Trinajstić information content (AvgIpc) is 1.98. The van der Waals surface area contributed by atoms with Crippen molar-refractivity contribution in [3.05, 3.63) is 0 Å². The van der Waals surface area contributed by atoms with Crippen LogP contribution in [0.1, 0.15) is 13.3 Å². The maximum atomic E-state index is 10.5. The molecule has 0 aliphatic rings. The Morgan fingerprint density at radius 3 is 2.42 bits per heavy atom. The van der Waals surface area contributed by atoms with Crippen LogP contribution in [0.5, 0.6) is 0 Å². The lowest BCUT2D eigenvalue weighted by molar-refractivity contribution is -0.278. The highest BCUT2D eigenvalue weighted by molar-refractivity contribution is 5.68. The molecule has 0 amide bonds. The molecule has 0 atom stereocenters. The van der Waals surface area contributed by atoms with Crippen molar-refractivity contribution in [2.45, 2.75) is 13.3 Å². The van der Waals surface area contributed by atoms with Gasteiger partial charge in [0.15, 0.2) is 0 Å². The zero-order chi connectivity index (χ0) is 9.40. The highest BCUT2D eigenvalue weighted by atomic mass is 17.2. The van der Waals surface area contributed by atoms with Crippen LogP contribution < -0.4 is 0 Å². The molecule has 0 rings (SSSR count). The van der Waals surface area contributed by atoms with Crippen LogP contribution in [0, 0.1) is 0 Å². The van der Waals surface area contributed by atoms with Gasteiger partial charge in [-0.3, -0.25) is 9.78 Å². The second-order valence-corrected chi connectivity index (χ2v) is 1.77. The van der Waals surface area contributed by atoms with Crippen LogP contribution in [-0.4, -0.2) is 25.7 Å². The van der Waals surface area contributed by atoms with Crippen LogP contribution in [0.2, 0.25) is 0 Å². The van der Waals surface area contributed by atoms with E-state index in [0.29, 0.717) is 0 Å². The molecular weight excluding hydrogens is 168 g/mol. The Balaban J connectivity index is 3.19. The van der Waals surface area contributed by atoms with Gasteiger partial charge in [0.2, 0.25) is 0 Å². The lowest BCUT2D eigenvalue weighted by atomic mass is 10.5. The zero-order valence-corrected chi connectivity index (χ0v) is 6.86. The topological polar surface area (TPSA) is 71.1 Å². The van der Waals surface area contributed by atoms with E-state index in [1.54, 1.807) is 0 Å². The average molecular weight is 178 g/mol. The third kappa shape index (κ3) is 6.97. The highest BCUT2D eigenvalue weighted by Gasteiger charge is 2.03. The lowest BCUT2D eigenvalue weighted by Gasteiger charge is -1.99. The van der Waals surface area contributed by atoms with E-state index >= 15 is 0 Å². The maximum absolute atomic E-state index is 10.5. The van der Waals surface area contributed by atoms with Crippen LogP contribution in [0.15, 0.2) is 0 Å². The van der Waals surface area contributed by atoms with Gasteiger partial charge in [0.05, 0.1) is 13.5 Å². The molecule has 0 bridgehead atoms. The van der Waals surface area contributed by atoms with Crippen molar-refractivity contribution in [3.63, 3.8) is 0 Å². The van der Waals surface area contributed by atoms with Crippen LogP contribution in [0.3, 0.4) is 0 Å². The quantitative estimate of drug-likeness (QED) is 0.334. The molecule has 6 heteroatoms. The molecule has 0 unspecified atom stereocenters. The Hall–Kier alpha value is -1.14. The molecule has 0 N–H and O–H groups in total. The van der Waals surface area contributed by atoms with Gasteiger partial charge < -0.3 is 0 Å². The Bertz CT molecular complexity index is 154. The summed E-state index contributed by atoms with van der Waals surface area (Å²) in [6.45, 7) is 1.13. The van der Waals surface area contributed by atoms with Crippen LogP contribution in [0.4, 0.5) is 0 Å². The monoisotopic (exact) mass is 178 g/mol. The third-order valence-corrected chi connectivity index (χ3v) is 0.742. The number of carbonyl (C=O) groups excluding carboxylic acids is 2. The first-order valence-electron chi connectivity index (χ1n) is 3.20. The molecule has 0 aromatic rings. The minimum Gasteiger partial charge on any atom is -0.299 e. The lowest BCUT2D eigenvalue weighted by Crippen LogP contribution is -2.09. The maximum Gasteiger partial charge on any atom is 0.344 e. The van der Waals surface area contributed by atoms with Crippen molar-refractivity contribution >= 4 is 11.9 Å². The van der Waals surface area contributed by atoms with Gasteiger partial charge in [0.1, 0.15) is 6.61 Å². The molecule has 0 spiro atoms. The minimum atomic E-state index is -0.593. The van der Waals surface area contributed by atoms with Crippen molar-refractivity contribution in [1.29, 1.82) is 0 Å². The standard InChI is InChI=1S/C6H10O6/c1-5(7)11-10-4-3-6(8)12-9-2/h3-4H2,1-2H3. The van der Waals surface area contributed by atoms with E-state index in [1.165, 1.54) is 14.0 Å². The molecule has 0 saturated carbocycles. The van der Waals surface area contributed by atoms with Gasteiger partial charge in [-0.05, 0) is 0 Å². The summed E-state index contributed by atoms with van der Waals surface area (Å²) in [5.41, 5.74) is 0. The van der Waals surface area contributed by atoms with Gasteiger partial charge in [-0.1, -0.05) is 0 Å². The summed E-state index contributed by atoms with van der Waals surface area (Å²) in [5.74, 6) is -1.17. The predicted molar refractivity (Wildman–Crippen MR) is 35.4 cm³/mol. The van der Waals surface area contributed by atoms with Gasteiger partial charge in [-0.15, -0.1) is 0 Å². The molecule has 0 aliphatic heterocycles. The Kier molecular flexibility index (Phi) is 5.94. The van der Waals surface area contributed by atoms with E-state index in [4.69, 9.17) is 0 Å². The fraction of sp³-hybridized carbons (Fsp3) is 0.667. The van der Waals surface area contributed by atoms with Crippen molar-refractivity contribution in [2.24, 2.45) is 0 Å². The Labute approximate surface area is 69.2 Å². The second-order valence-electron chi connectivity index (χ2n) is 1.77. The molecule has 6 nitrogen and oxygen atoms in total. The van der Waals surface area contributed by atoms with Crippen LogP contribution >= 0.6 is 0 Å². The van der Waals surface area contributed by atoms with Crippen LogP contribution in [-0.2, 0) is 29.1 Å². The molecule has 0 heterocycles. The molecule has 0 aromatic heterocycles. The normalized spacial score (nSPS) is 9.17. The van der Waals surface area contributed by atoms with Crippen molar-refractivity contribution < 1.29 is 29.1 Å². The van der Waals surface area contributed by atoms with E-state index < -0.39 is 11.9 Å². The van der Waals surface area contributed by atoms with Crippen molar-refractivity contribution in [3.8, 4) is 0 Å². The van der Waals surface area contributed by atoms with E-state index in [-0.39, 0.29) is 13.0 Å². The summed E-state index contributed by atoms with van der Waals surface area (Å²) in [7, 11) is 1.21. The fourth-order valence-corrected chi connectivity index (χ4v) is 0.384. The van der Waals surface area contributed by atoms with Gasteiger partial charge in [0, 0.05) is 6.92 Å². The Morgan fingerprint density at radius 1 is 1.25 bits per heavy atom. The smallest absolute Gasteiger partial charge is 0.299 e. The Morgan fingerprint density at radius 2 is 1.92 bits per heavy atom. The molecule has 0 aliphatic carbocycles. The second kappa shape index (κ2) is 6.56. The van der Waals surface area contributed by atoms with Gasteiger partial charge >= 0.3 is 11.9 Å². The number of hydrogen-bond acceptors (Lipinski definition) is 6. The van der Waals surface area contributed by atoms with E-state index in [9.17, 15) is 9.59 Å². The molecule has 0 saturated heterocycles. The molecule has 12 heavy (non-hydrogen) atoms. The first-order valence-corrected chi connectivity index (χ1v) is 3.20. The van der Waals surface area contributed by atoms with Gasteiger partial charge in [-0.2, -0.15) is 9.78 Å². The molecule has 70 valence electrons. The summed E-state index contributed by atoms with van der Waals surface area (Å²) in [6.07, 6.45) is -0.0406. The third-order valence-electron chi connectivity index (χ3n) is 0.742.